The van der Waals surface area contributed by atoms with Crippen LogP contribution in [-0.2, 0) is 9.59 Å². The summed E-state index contributed by atoms with van der Waals surface area (Å²) >= 11 is 3.45. The van der Waals surface area contributed by atoms with Gasteiger partial charge in [0.25, 0.3) is 11.7 Å². The van der Waals surface area contributed by atoms with Crippen LogP contribution >= 0.6 is 15.9 Å². The molecule has 0 bridgehead atoms. The number of hydrogen-bond donors (Lipinski definition) is 1. The number of nitrogens with zero attached hydrogens (tertiary/aromatic N) is 2. The summed E-state index contributed by atoms with van der Waals surface area (Å²) in [5, 5.41) is 11.0. The van der Waals surface area contributed by atoms with E-state index in [4.69, 9.17) is 0 Å². The number of aliphatic hydroxyl groups is 1. The summed E-state index contributed by atoms with van der Waals surface area (Å²) in [6.07, 6.45) is 0.719. The molecule has 1 fully saturated rings. The number of Topliss-reactive ketones (excluding diaryl/α,β-unsaturated/α-hetero) is 1. The summed E-state index contributed by atoms with van der Waals surface area (Å²) in [6.45, 7) is 4.32. The van der Waals surface area contributed by atoms with E-state index in [9.17, 15) is 14.7 Å². The van der Waals surface area contributed by atoms with Crippen molar-refractivity contribution in [1.82, 2.24) is 4.90 Å². The fraction of sp³-hybridized carbons (Fsp3) is 0.304. The molecule has 1 aliphatic heterocycles. The molecule has 1 amide bonds. The highest BCUT2D eigenvalue weighted by molar-refractivity contribution is 9.10. The van der Waals surface area contributed by atoms with Crippen molar-refractivity contribution in [3.63, 3.8) is 0 Å². The molecule has 0 spiro atoms. The Morgan fingerprint density at radius 2 is 1.79 bits per heavy atom. The van der Waals surface area contributed by atoms with Crippen LogP contribution in [0.2, 0.25) is 0 Å². The average Bonchev–Trinajstić information content (AvgIpc) is 2.95. The van der Waals surface area contributed by atoms with Crippen LogP contribution in [0.3, 0.4) is 0 Å². The highest BCUT2D eigenvalue weighted by Gasteiger charge is 2.45. The molecule has 0 aliphatic carbocycles. The van der Waals surface area contributed by atoms with Crippen LogP contribution in [0.25, 0.3) is 5.76 Å². The molecule has 152 valence electrons. The molecule has 0 radical (unpaired) electrons. The second kappa shape index (κ2) is 8.41. The summed E-state index contributed by atoms with van der Waals surface area (Å²) in [4.78, 5) is 29.2. The number of halogens is 1. The lowest BCUT2D eigenvalue weighted by Crippen LogP contribution is -2.30. The fourth-order valence-corrected chi connectivity index (χ4v) is 3.85. The Hall–Kier alpha value is -2.60. The summed E-state index contributed by atoms with van der Waals surface area (Å²) in [7, 11) is 3.90. The Morgan fingerprint density at radius 3 is 2.34 bits per heavy atom. The van der Waals surface area contributed by atoms with Crippen LogP contribution in [0.15, 0.2) is 52.5 Å². The van der Waals surface area contributed by atoms with Gasteiger partial charge in [-0.15, -0.1) is 0 Å². The second-order valence-corrected chi connectivity index (χ2v) is 8.30. The van der Waals surface area contributed by atoms with Crippen molar-refractivity contribution in [1.29, 1.82) is 0 Å². The van der Waals surface area contributed by atoms with Crippen molar-refractivity contribution in [3.8, 4) is 0 Å². The first-order valence-electron chi connectivity index (χ1n) is 9.58. The highest BCUT2D eigenvalue weighted by Crippen LogP contribution is 2.40. The SMILES string of the molecule is CCCN1C(=O)C(=O)/C(=C(\O)c2ccc(Br)c(C)c2)C1c1ccc(N(C)C)cc1. The smallest absolute Gasteiger partial charge is 0.295 e. The van der Waals surface area contributed by atoms with E-state index in [1.807, 2.05) is 63.2 Å². The van der Waals surface area contributed by atoms with Crippen molar-refractivity contribution in [2.24, 2.45) is 0 Å². The molecule has 29 heavy (non-hydrogen) atoms. The molecule has 6 heteroatoms. The fourth-order valence-electron chi connectivity index (χ4n) is 3.60. The van der Waals surface area contributed by atoms with E-state index >= 15 is 0 Å². The van der Waals surface area contributed by atoms with E-state index in [0.717, 1.165) is 27.7 Å². The van der Waals surface area contributed by atoms with Gasteiger partial charge in [-0.25, -0.2) is 0 Å². The van der Waals surface area contributed by atoms with Gasteiger partial charge in [0, 0.05) is 36.4 Å². The van der Waals surface area contributed by atoms with Crippen molar-refractivity contribution in [3.05, 3.63) is 69.2 Å². The lowest BCUT2D eigenvalue weighted by Gasteiger charge is -2.25. The third kappa shape index (κ3) is 3.94. The summed E-state index contributed by atoms with van der Waals surface area (Å²) in [6, 6.07) is 12.5. The van der Waals surface area contributed by atoms with Gasteiger partial charge in [-0.2, -0.15) is 0 Å². The number of ketones is 1. The number of hydrogen-bond acceptors (Lipinski definition) is 4. The van der Waals surface area contributed by atoms with E-state index in [2.05, 4.69) is 15.9 Å². The van der Waals surface area contributed by atoms with Crippen LogP contribution in [-0.4, -0.2) is 42.3 Å². The molecule has 3 rings (SSSR count). The molecule has 1 N–H and O–H groups in total. The van der Waals surface area contributed by atoms with Crippen LogP contribution < -0.4 is 4.90 Å². The molecule has 2 aromatic rings. The molecule has 1 unspecified atom stereocenters. The molecule has 0 saturated carbocycles. The largest absolute Gasteiger partial charge is 0.507 e. The van der Waals surface area contributed by atoms with Gasteiger partial charge in [-0.3, -0.25) is 9.59 Å². The summed E-state index contributed by atoms with van der Waals surface area (Å²) in [5.41, 5.74) is 3.42. The van der Waals surface area contributed by atoms with Gasteiger partial charge in [-0.1, -0.05) is 41.1 Å². The number of rotatable bonds is 5. The number of carbonyl (C=O) groups is 2. The van der Waals surface area contributed by atoms with Gasteiger partial charge >= 0.3 is 0 Å². The average molecular weight is 457 g/mol. The Labute approximate surface area is 179 Å². The number of carbonyl (C=O) groups excluding carboxylic acids is 2. The third-order valence-electron chi connectivity index (χ3n) is 5.16. The zero-order valence-corrected chi connectivity index (χ0v) is 18.7. The third-order valence-corrected chi connectivity index (χ3v) is 6.05. The van der Waals surface area contributed by atoms with Gasteiger partial charge in [0.05, 0.1) is 11.6 Å². The number of aliphatic hydroxyl groups excluding tert-OH is 1. The van der Waals surface area contributed by atoms with Gasteiger partial charge in [0.2, 0.25) is 0 Å². The minimum Gasteiger partial charge on any atom is -0.507 e. The van der Waals surface area contributed by atoms with E-state index < -0.39 is 17.7 Å². The number of likely N-dealkylation sites (tertiary alicyclic amines) is 1. The Bertz CT molecular complexity index is 980. The molecule has 1 atom stereocenters. The quantitative estimate of drug-likeness (QED) is 0.403. The second-order valence-electron chi connectivity index (χ2n) is 7.44. The first-order valence-corrected chi connectivity index (χ1v) is 10.4. The Morgan fingerprint density at radius 1 is 1.14 bits per heavy atom. The minimum atomic E-state index is -0.641. The van der Waals surface area contributed by atoms with E-state index in [1.165, 1.54) is 0 Å². The molecule has 1 aliphatic rings. The monoisotopic (exact) mass is 456 g/mol. The number of benzene rings is 2. The predicted octanol–water partition coefficient (Wildman–Crippen LogP) is 4.66. The number of anilines is 1. The molecule has 1 saturated heterocycles. The van der Waals surface area contributed by atoms with Crippen LogP contribution in [0.1, 0.15) is 36.1 Å². The number of amides is 1. The molecule has 5 nitrogen and oxygen atoms in total. The van der Waals surface area contributed by atoms with Gasteiger partial charge in [0.1, 0.15) is 5.76 Å². The van der Waals surface area contributed by atoms with Gasteiger partial charge in [0.15, 0.2) is 0 Å². The van der Waals surface area contributed by atoms with Crippen LogP contribution in [0, 0.1) is 6.92 Å². The highest BCUT2D eigenvalue weighted by atomic mass is 79.9. The van der Waals surface area contributed by atoms with Crippen LogP contribution in [0.5, 0.6) is 0 Å². The molecule has 2 aromatic carbocycles. The molecule has 0 aromatic heterocycles. The maximum atomic E-state index is 12.9. The topological polar surface area (TPSA) is 60.9 Å². The number of aryl methyl sites for hydroxylation is 1. The van der Waals surface area contributed by atoms with Gasteiger partial charge < -0.3 is 14.9 Å². The zero-order chi connectivity index (χ0) is 21.3. The molecular weight excluding hydrogens is 432 g/mol. The van der Waals surface area contributed by atoms with E-state index in [1.54, 1.807) is 17.0 Å². The summed E-state index contributed by atoms with van der Waals surface area (Å²) in [5.74, 6) is -1.35. The maximum Gasteiger partial charge on any atom is 0.295 e. The van der Waals surface area contributed by atoms with Crippen molar-refractivity contribution >= 4 is 39.1 Å². The first-order chi connectivity index (χ1) is 13.8. The van der Waals surface area contributed by atoms with Crippen molar-refractivity contribution in [2.75, 3.05) is 25.5 Å². The molecule has 1 heterocycles. The Kier molecular flexibility index (Phi) is 6.13. The standard InChI is InChI=1S/C23H25BrN2O3/c1-5-12-26-20(15-6-9-17(10-7-15)25(3)4)19(22(28)23(26)29)21(27)16-8-11-18(24)14(2)13-16/h6-11,13,20,27H,5,12H2,1-4H3/b21-19-. The van der Waals surface area contributed by atoms with Crippen molar-refractivity contribution in [2.45, 2.75) is 26.3 Å². The lowest BCUT2D eigenvalue weighted by molar-refractivity contribution is -0.139. The minimum absolute atomic E-state index is 0.140. The normalized spacial score (nSPS) is 18.4. The Balaban J connectivity index is 2.17. The maximum absolute atomic E-state index is 12.9. The zero-order valence-electron chi connectivity index (χ0n) is 17.1. The summed E-state index contributed by atoms with van der Waals surface area (Å²) < 4.78 is 0.913. The van der Waals surface area contributed by atoms with E-state index in [-0.39, 0.29) is 11.3 Å². The van der Waals surface area contributed by atoms with Crippen LogP contribution in [0.4, 0.5) is 5.69 Å². The molecular formula is C23H25BrN2O3. The van der Waals surface area contributed by atoms with Crippen molar-refractivity contribution < 1.29 is 14.7 Å². The van der Waals surface area contributed by atoms with Gasteiger partial charge in [-0.05, 0) is 48.7 Å². The van der Waals surface area contributed by atoms with E-state index in [0.29, 0.717) is 12.1 Å². The first kappa shape index (κ1) is 21.1. The predicted molar refractivity (Wildman–Crippen MR) is 119 cm³/mol. The lowest BCUT2D eigenvalue weighted by atomic mass is 9.94.